The number of para-hydroxylation sites is 1. The second-order valence-corrected chi connectivity index (χ2v) is 6.07. The smallest absolute Gasteiger partial charge is 0.188 e. The Morgan fingerprint density at radius 3 is 2.40 bits per heavy atom. The van der Waals surface area contributed by atoms with Crippen LogP contribution in [-0.2, 0) is 13.6 Å². The van der Waals surface area contributed by atoms with E-state index in [-0.39, 0.29) is 6.04 Å². The zero-order chi connectivity index (χ0) is 17.6. The van der Waals surface area contributed by atoms with Gasteiger partial charge in [-0.2, -0.15) is 4.80 Å². The molecule has 6 heteroatoms. The first-order valence-corrected chi connectivity index (χ1v) is 8.33. The molecule has 0 radical (unpaired) electrons. The Morgan fingerprint density at radius 2 is 1.76 bits per heavy atom. The van der Waals surface area contributed by atoms with E-state index in [1.165, 1.54) is 4.80 Å². The van der Waals surface area contributed by atoms with Gasteiger partial charge in [-0.3, -0.25) is 5.32 Å². The first kappa shape index (κ1) is 17.1. The molecule has 3 aromatic rings. The molecule has 0 fully saturated rings. The number of aromatic nitrogens is 4. The number of aryl methyl sites for hydroxylation is 3. The van der Waals surface area contributed by atoms with E-state index in [9.17, 15) is 0 Å². The molecule has 0 aliphatic rings. The number of benzene rings is 2. The van der Waals surface area contributed by atoms with Crippen molar-refractivity contribution in [2.24, 2.45) is 7.05 Å². The molecule has 130 valence electrons. The van der Waals surface area contributed by atoms with Crippen molar-refractivity contribution in [1.82, 2.24) is 25.5 Å². The van der Waals surface area contributed by atoms with Crippen LogP contribution in [0.2, 0.25) is 0 Å². The first-order chi connectivity index (χ1) is 12.1. The summed E-state index contributed by atoms with van der Waals surface area (Å²) in [5.74, 6) is 1.61. The lowest BCUT2D eigenvalue weighted by atomic mass is 10.1. The fraction of sp³-hybridized carbons (Fsp3) is 0.316. The Bertz CT molecular complexity index is 795. The Hall–Kier alpha value is -2.73. The van der Waals surface area contributed by atoms with E-state index in [1.807, 2.05) is 24.3 Å². The van der Waals surface area contributed by atoms with E-state index in [2.05, 4.69) is 58.8 Å². The average molecular weight is 337 g/mol. The van der Waals surface area contributed by atoms with Crippen molar-refractivity contribution in [1.29, 1.82) is 0 Å². The Balaban J connectivity index is 1.72. The van der Waals surface area contributed by atoms with Gasteiger partial charge >= 0.3 is 0 Å². The van der Waals surface area contributed by atoms with Gasteiger partial charge in [0, 0.05) is 0 Å². The Kier molecular flexibility index (Phi) is 5.40. The van der Waals surface area contributed by atoms with E-state index in [0.717, 1.165) is 22.4 Å². The summed E-state index contributed by atoms with van der Waals surface area (Å²) < 4.78 is 6.15. The number of rotatable bonds is 7. The fourth-order valence-corrected chi connectivity index (χ4v) is 2.76. The molecule has 0 unspecified atom stereocenters. The summed E-state index contributed by atoms with van der Waals surface area (Å²) in [5, 5.41) is 15.6. The van der Waals surface area contributed by atoms with Crippen molar-refractivity contribution < 1.29 is 4.74 Å². The summed E-state index contributed by atoms with van der Waals surface area (Å²) in [6, 6.07) is 16.5. The topological polar surface area (TPSA) is 64.9 Å². The molecule has 0 bridgehead atoms. The molecule has 0 aliphatic carbocycles. The summed E-state index contributed by atoms with van der Waals surface area (Å²) in [4.78, 5) is 1.46. The highest BCUT2D eigenvalue weighted by atomic mass is 16.5. The van der Waals surface area contributed by atoms with E-state index in [4.69, 9.17) is 4.74 Å². The zero-order valence-corrected chi connectivity index (χ0v) is 14.8. The lowest BCUT2D eigenvalue weighted by molar-refractivity contribution is 0.261. The minimum Gasteiger partial charge on any atom is -0.491 e. The van der Waals surface area contributed by atoms with Crippen LogP contribution in [0.4, 0.5) is 0 Å². The number of hydrogen-bond acceptors (Lipinski definition) is 5. The van der Waals surface area contributed by atoms with Crippen molar-refractivity contribution in [3.63, 3.8) is 0 Å². The molecule has 2 aromatic carbocycles. The molecule has 6 nitrogen and oxygen atoms in total. The summed E-state index contributed by atoms with van der Waals surface area (Å²) >= 11 is 0. The minimum absolute atomic E-state index is 0.0315. The van der Waals surface area contributed by atoms with Crippen LogP contribution < -0.4 is 10.1 Å². The number of ether oxygens (including phenoxy) is 1. The van der Waals surface area contributed by atoms with E-state index in [1.54, 1.807) is 7.05 Å². The molecule has 0 saturated heterocycles. The van der Waals surface area contributed by atoms with Gasteiger partial charge < -0.3 is 4.74 Å². The maximum Gasteiger partial charge on any atom is 0.188 e. The standard InChI is InChI=1S/C19H23N5O/c1-14-8-7-9-15(2)19(14)25-13-17(16-10-5-4-6-11-16)20-12-18-21-23-24(3)22-18/h4-11,17,20H,12-13H2,1-3H3/t17-/m0/s1. The summed E-state index contributed by atoms with van der Waals surface area (Å²) in [6.07, 6.45) is 0. The second-order valence-electron chi connectivity index (χ2n) is 6.07. The van der Waals surface area contributed by atoms with Crippen molar-refractivity contribution >= 4 is 0 Å². The summed E-state index contributed by atoms with van der Waals surface area (Å²) in [7, 11) is 1.76. The van der Waals surface area contributed by atoms with Crippen LogP contribution in [0.1, 0.15) is 28.6 Å². The number of hydrogen-bond donors (Lipinski definition) is 1. The van der Waals surface area contributed by atoms with Crippen LogP contribution >= 0.6 is 0 Å². The van der Waals surface area contributed by atoms with Crippen LogP contribution in [-0.4, -0.2) is 26.8 Å². The van der Waals surface area contributed by atoms with Gasteiger partial charge in [0.05, 0.1) is 19.6 Å². The fourth-order valence-electron chi connectivity index (χ4n) is 2.76. The average Bonchev–Trinajstić information content (AvgIpc) is 3.03. The molecule has 1 aromatic heterocycles. The molecule has 0 spiro atoms. The van der Waals surface area contributed by atoms with Crippen LogP contribution in [0.3, 0.4) is 0 Å². The van der Waals surface area contributed by atoms with Crippen LogP contribution in [0.15, 0.2) is 48.5 Å². The highest BCUT2D eigenvalue weighted by Crippen LogP contribution is 2.24. The summed E-state index contributed by atoms with van der Waals surface area (Å²) in [6.45, 7) is 5.19. The van der Waals surface area contributed by atoms with E-state index >= 15 is 0 Å². The Morgan fingerprint density at radius 1 is 1.04 bits per heavy atom. The molecule has 0 amide bonds. The minimum atomic E-state index is 0.0315. The van der Waals surface area contributed by atoms with Gasteiger partial charge in [0.25, 0.3) is 0 Å². The lowest BCUT2D eigenvalue weighted by Crippen LogP contribution is -2.27. The van der Waals surface area contributed by atoms with E-state index < -0.39 is 0 Å². The molecular formula is C19H23N5O. The maximum absolute atomic E-state index is 6.15. The monoisotopic (exact) mass is 337 g/mol. The van der Waals surface area contributed by atoms with Gasteiger partial charge in [-0.25, -0.2) is 0 Å². The third-order valence-electron chi connectivity index (χ3n) is 4.06. The maximum atomic E-state index is 6.15. The van der Waals surface area contributed by atoms with Crippen molar-refractivity contribution in [3.05, 3.63) is 71.0 Å². The predicted octanol–water partition coefficient (Wildman–Crippen LogP) is 2.74. The molecule has 1 atom stereocenters. The number of tetrazole rings is 1. The third-order valence-corrected chi connectivity index (χ3v) is 4.06. The van der Waals surface area contributed by atoms with Gasteiger partial charge in [0.15, 0.2) is 5.82 Å². The molecule has 25 heavy (non-hydrogen) atoms. The van der Waals surface area contributed by atoms with Crippen LogP contribution in [0, 0.1) is 13.8 Å². The second kappa shape index (κ2) is 7.90. The zero-order valence-electron chi connectivity index (χ0n) is 14.8. The number of nitrogens with one attached hydrogen (secondary N) is 1. The highest BCUT2D eigenvalue weighted by Gasteiger charge is 2.14. The first-order valence-electron chi connectivity index (χ1n) is 8.33. The normalized spacial score (nSPS) is 12.1. The molecule has 1 N–H and O–H groups in total. The highest BCUT2D eigenvalue weighted by molar-refractivity contribution is 5.39. The van der Waals surface area contributed by atoms with Gasteiger partial charge in [-0.15, -0.1) is 10.2 Å². The third kappa shape index (κ3) is 4.42. The van der Waals surface area contributed by atoms with Crippen molar-refractivity contribution in [3.8, 4) is 5.75 Å². The van der Waals surface area contributed by atoms with Gasteiger partial charge in [-0.1, -0.05) is 48.5 Å². The van der Waals surface area contributed by atoms with Gasteiger partial charge in [-0.05, 0) is 35.8 Å². The van der Waals surface area contributed by atoms with Gasteiger partial charge in [0.1, 0.15) is 12.4 Å². The molecular weight excluding hydrogens is 314 g/mol. The quantitative estimate of drug-likeness (QED) is 0.718. The lowest BCUT2D eigenvalue weighted by Gasteiger charge is -2.21. The predicted molar refractivity (Wildman–Crippen MR) is 96.2 cm³/mol. The largest absolute Gasteiger partial charge is 0.491 e. The van der Waals surface area contributed by atoms with Crippen LogP contribution in [0.25, 0.3) is 0 Å². The van der Waals surface area contributed by atoms with Crippen LogP contribution in [0.5, 0.6) is 5.75 Å². The molecule has 1 heterocycles. The SMILES string of the molecule is Cc1cccc(C)c1OC[C@H](NCc1nnn(C)n1)c1ccccc1. The summed E-state index contributed by atoms with van der Waals surface area (Å²) in [5.41, 5.74) is 3.45. The molecule has 0 saturated carbocycles. The van der Waals surface area contributed by atoms with Gasteiger partial charge in [0.2, 0.25) is 0 Å². The van der Waals surface area contributed by atoms with Crippen molar-refractivity contribution in [2.45, 2.75) is 26.4 Å². The van der Waals surface area contributed by atoms with Crippen molar-refractivity contribution in [2.75, 3.05) is 6.61 Å². The van der Waals surface area contributed by atoms with E-state index in [0.29, 0.717) is 19.0 Å². The Labute approximate surface area is 147 Å². The molecule has 3 rings (SSSR count). The number of nitrogens with zero attached hydrogens (tertiary/aromatic N) is 4. The molecule has 0 aliphatic heterocycles.